The Morgan fingerprint density at radius 2 is 2.29 bits per heavy atom. The predicted octanol–water partition coefficient (Wildman–Crippen LogP) is 2.60. The van der Waals surface area contributed by atoms with E-state index in [4.69, 9.17) is 9.47 Å². The highest BCUT2D eigenvalue weighted by Gasteiger charge is 2.21. The number of nitrogens with one attached hydrogen (secondary N) is 1. The minimum Gasteiger partial charge on any atom is -0.493 e. The molecule has 0 bridgehead atoms. The Labute approximate surface area is 102 Å². The molecule has 2 heterocycles. The summed E-state index contributed by atoms with van der Waals surface area (Å²) in [5.74, 6) is 1.04. The maximum atomic E-state index is 5.79. The lowest BCUT2D eigenvalue weighted by atomic mass is 10.1. The van der Waals surface area contributed by atoms with Crippen LogP contribution in [0.3, 0.4) is 0 Å². The molecule has 0 amide bonds. The van der Waals surface area contributed by atoms with Crippen LogP contribution in [0.1, 0.15) is 25.3 Å². The fourth-order valence-electron chi connectivity index (χ4n) is 2.56. The van der Waals surface area contributed by atoms with Gasteiger partial charge in [0.25, 0.3) is 0 Å². The molecule has 1 aromatic carbocycles. The van der Waals surface area contributed by atoms with Crippen LogP contribution < -0.4 is 10.1 Å². The van der Waals surface area contributed by atoms with Crippen molar-refractivity contribution in [2.45, 2.75) is 38.4 Å². The summed E-state index contributed by atoms with van der Waals surface area (Å²) in [5, 5.41) is 3.46. The molecule has 0 spiro atoms. The van der Waals surface area contributed by atoms with Crippen LogP contribution in [0.25, 0.3) is 0 Å². The average Bonchev–Trinajstić information content (AvgIpc) is 2.94. The van der Waals surface area contributed by atoms with E-state index < -0.39 is 0 Å². The molecule has 17 heavy (non-hydrogen) atoms. The molecule has 2 aliphatic heterocycles. The maximum Gasteiger partial charge on any atom is 0.122 e. The molecular formula is C14H19NO2. The molecule has 1 aromatic rings. The van der Waals surface area contributed by atoms with Gasteiger partial charge in [-0.05, 0) is 43.5 Å². The topological polar surface area (TPSA) is 30.5 Å². The van der Waals surface area contributed by atoms with Gasteiger partial charge in [0.05, 0.1) is 18.8 Å². The van der Waals surface area contributed by atoms with Crippen molar-refractivity contribution in [3.8, 4) is 5.75 Å². The van der Waals surface area contributed by atoms with Crippen molar-refractivity contribution in [1.82, 2.24) is 0 Å². The van der Waals surface area contributed by atoms with Crippen LogP contribution in [0, 0.1) is 0 Å². The maximum absolute atomic E-state index is 5.79. The molecule has 2 unspecified atom stereocenters. The van der Waals surface area contributed by atoms with Crippen LogP contribution in [0.2, 0.25) is 0 Å². The van der Waals surface area contributed by atoms with Crippen LogP contribution in [0.5, 0.6) is 5.75 Å². The average molecular weight is 233 g/mol. The third-order valence-electron chi connectivity index (χ3n) is 3.54. The lowest BCUT2D eigenvalue weighted by Gasteiger charge is -2.13. The second kappa shape index (κ2) is 4.57. The molecule has 1 saturated heterocycles. The van der Waals surface area contributed by atoms with E-state index in [1.807, 2.05) is 0 Å². The van der Waals surface area contributed by atoms with E-state index in [0.29, 0.717) is 12.2 Å². The number of ether oxygens (including phenoxy) is 2. The van der Waals surface area contributed by atoms with Crippen molar-refractivity contribution >= 4 is 5.69 Å². The van der Waals surface area contributed by atoms with Gasteiger partial charge in [-0.15, -0.1) is 0 Å². The van der Waals surface area contributed by atoms with Gasteiger partial charge in [-0.1, -0.05) is 0 Å². The van der Waals surface area contributed by atoms with E-state index in [9.17, 15) is 0 Å². The Balaban J connectivity index is 1.58. The fourth-order valence-corrected chi connectivity index (χ4v) is 2.56. The quantitative estimate of drug-likeness (QED) is 0.870. The van der Waals surface area contributed by atoms with E-state index in [1.54, 1.807) is 0 Å². The first-order valence-corrected chi connectivity index (χ1v) is 6.46. The molecule has 0 saturated carbocycles. The largest absolute Gasteiger partial charge is 0.493 e. The van der Waals surface area contributed by atoms with Crippen LogP contribution in [0.15, 0.2) is 18.2 Å². The normalized spacial score (nSPS) is 26.6. The predicted molar refractivity (Wildman–Crippen MR) is 67.7 cm³/mol. The van der Waals surface area contributed by atoms with Crippen LogP contribution >= 0.6 is 0 Å². The van der Waals surface area contributed by atoms with E-state index in [2.05, 4.69) is 30.4 Å². The smallest absolute Gasteiger partial charge is 0.122 e. The third kappa shape index (κ3) is 2.39. The molecule has 0 aromatic heterocycles. The summed E-state index contributed by atoms with van der Waals surface area (Å²) in [7, 11) is 0. The van der Waals surface area contributed by atoms with Crippen molar-refractivity contribution in [1.29, 1.82) is 0 Å². The fraction of sp³-hybridized carbons (Fsp3) is 0.571. The van der Waals surface area contributed by atoms with E-state index >= 15 is 0 Å². The van der Waals surface area contributed by atoms with Crippen molar-refractivity contribution in [2.75, 3.05) is 18.5 Å². The first-order chi connectivity index (χ1) is 8.31. The number of rotatable bonds is 3. The van der Waals surface area contributed by atoms with E-state index in [-0.39, 0.29) is 0 Å². The highest BCUT2D eigenvalue weighted by atomic mass is 16.5. The standard InChI is InChI=1S/C14H19NO2/c1-10-2-4-13(17-10)9-15-12-3-5-14-11(8-12)6-7-16-14/h3,5,8,10,13,15H,2,4,6-7,9H2,1H3. The number of hydrogen-bond acceptors (Lipinski definition) is 3. The van der Waals surface area contributed by atoms with Crippen molar-refractivity contribution in [3.05, 3.63) is 23.8 Å². The third-order valence-corrected chi connectivity index (χ3v) is 3.54. The van der Waals surface area contributed by atoms with Crippen molar-refractivity contribution in [2.24, 2.45) is 0 Å². The molecule has 3 heteroatoms. The molecule has 3 rings (SSSR count). The molecule has 1 N–H and O–H groups in total. The van der Waals surface area contributed by atoms with Gasteiger partial charge >= 0.3 is 0 Å². The van der Waals surface area contributed by atoms with Crippen molar-refractivity contribution in [3.63, 3.8) is 0 Å². The zero-order valence-electron chi connectivity index (χ0n) is 10.2. The molecule has 0 radical (unpaired) electrons. The Morgan fingerprint density at radius 3 is 3.12 bits per heavy atom. The SMILES string of the molecule is CC1CCC(CNc2ccc3c(c2)CCO3)O1. The number of hydrogen-bond donors (Lipinski definition) is 1. The van der Waals surface area contributed by atoms with Crippen LogP contribution in [0.4, 0.5) is 5.69 Å². The van der Waals surface area contributed by atoms with E-state index in [0.717, 1.165) is 25.3 Å². The zero-order chi connectivity index (χ0) is 11.7. The lowest BCUT2D eigenvalue weighted by molar-refractivity contribution is 0.0637. The molecule has 92 valence electrons. The van der Waals surface area contributed by atoms with Crippen molar-refractivity contribution < 1.29 is 9.47 Å². The summed E-state index contributed by atoms with van der Waals surface area (Å²) in [6.07, 6.45) is 4.18. The van der Waals surface area contributed by atoms with Gasteiger partial charge in [-0.2, -0.15) is 0 Å². The Morgan fingerprint density at radius 1 is 1.35 bits per heavy atom. The molecule has 1 fully saturated rings. The Bertz CT molecular complexity index is 405. The summed E-state index contributed by atoms with van der Waals surface area (Å²) in [6.45, 7) is 3.87. The lowest BCUT2D eigenvalue weighted by Crippen LogP contribution is -2.19. The summed E-state index contributed by atoms with van der Waals surface area (Å²) in [4.78, 5) is 0. The summed E-state index contributed by atoms with van der Waals surface area (Å²) in [5.41, 5.74) is 2.49. The van der Waals surface area contributed by atoms with Gasteiger partial charge < -0.3 is 14.8 Å². The molecule has 2 aliphatic rings. The van der Waals surface area contributed by atoms with Crippen LogP contribution in [-0.2, 0) is 11.2 Å². The van der Waals surface area contributed by atoms with Gasteiger partial charge in [0.1, 0.15) is 5.75 Å². The number of benzene rings is 1. The highest BCUT2D eigenvalue weighted by Crippen LogP contribution is 2.28. The Kier molecular flexibility index (Phi) is 2.93. The molecular weight excluding hydrogens is 214 g/mol. The minimum atomic E-state index is 0.370. The second-order valence-electron chi connectivity index (χ2n) is 4.95. The van der Waals surface area contributed by atoms with Gasteiger partial charge in [0.2, 0.25) is 0 Å². The van der Waals surface area contributed by atoms with Gasteiger partial charge in [0.15, 0.2) is 0 Å². The monoisotopic (exact) mass is 233 g/mol. The number of fused-ring (bicyclic) bond motifs is 1. The van der Waals surface area contributed by atoms with Gasteiger partial charge in [-0.3, -0.25) is 0 Å². The van der Waals surface area contributed by atoms with Crippen LogP contribution in [-0.4, -0.2) is 25.4 Å². The zero-order valence-corrected chi connectivity index (χ0v) is 10.2. The van der Waals surface area contributed by atoms with E-state index in [1.165, 1.54) is 24.1 Å². The first-order valence-electron chi connectivity index (χ1n) is 6.46. The summed E-state index contributed by atoms with van der Waals surface area (Å²) >= 11 is 0. The van der Waals surface area contributed by atoms with Gasteiger partial charge in [-0.25, -0.2) is 0 Å². The Hall–Kier alpha value is -1.22. The second-order valence-corrected chi connectivity index (χ2v) is 4.95. The molecule has 0 aliphatic carbocycles. The molecule has 3 nitrogen and oxygen atoms in total. The first kappa shape index (κ1) is 10.9. The molecule has 2 atom stereocenters. The highest BCUT2D eigenvalue weighted by molar-refractivity contribution is 5.52. The summed E-state index contributed by atoms with van der Waals surface area (Å²) in [6, 6.07) is 6.34. The summed E-state index contributed by atoms with van der Waals surface area (Å²) < 4.78 is 11.3. The minimum absolute atomic E-state index is 0.370. The number of anilines is 1. The van der Waals surface area contributed by atoms with Gasteiger partial charge in [0, 0.05) is 18.7 Å².